The van der Waals surface area contributed by atoms with Gasteiger partial charge in [0, 0.05) is 19.0 Å². The summed E-state index contributed by atoms with van der Waals surface area (Å²) in [7, 11) is 1.39. The Bertz CT molecular complexity index is 575. The van der Waals surface area contributed by atoms with Crippen LogP contribution in [0.4, 0.5) is 0 Å². The van der Waals surface area contributed by atoms with Crippen LogP contribution in [-0.2, 0) is 14.3 Å². The van der Waals surface area contributed by atoms with E-state index in [1.807, 2.05) is 37.3 Å². The monoisotopic (exact) mass is 302 g/mol. The molecule has 0 aromatic heterocycles. The van der Waals surface area contributed by atoms with Gasteiger partial charge in [-0.3, -0.25) is 10.1 Å². The summed E-state index contributed by atoms with van der Waals surface area (Å²) in [6, 6.07) is 9.75. The van der Waals surface area contributed by atoms with E-state index in [4.69, 9.17) is 4.74 Å². The maximum absolute atomic E-state index is 12.6. The number of amides is 1. The number of hydrogen-bond acceptors (Lipinski definition) is 4. The molecule has 3 rings (SSSR count). The number of esters is 1. The lowest BCUT2D eigenvalue weighted by Crippen LogP contribution is -2.47. The summed E-state index contributed by atoms with van der Waals surface area (Å²) in [6.45, 7) is 2.68. The smallest absolute Gasteiger partial charge is 0.331 e. The molecule has 2 saturated heterocycles. The highest BCUT2D eigenvalue weighted by Gasteiger charge is 2.58. The van der Waals surface area contributed by atoms with Crippen molar-refractivity contribution >= 4 is 11.9 Å². The zero-order valence-electron chi connectivity index (χ0n) is 13.0. The number of hydrogen-bond donors (Lipinski definition) is 1. The summed E-state index contributed by atoms with van der Waals surface area (Å²) < 4.78 is 4.96. The van der Waals surface area contributed by atoms with Crippen LogP contribution in [0, 0.1) is 0 Å². The highest BCUT2D eigenvalue weighted by molar-refractivity contribution is 5.95. The van der Waals surface area contributed by atoms with Gasteiger partial charge in [-0.25, -0.2) is 4.79 Å². The minimum absolute atomic E-state index is 0.0191. The van der Waals surface area contributed by atoms with Crippen molar-refractivity contribution in [3.63, 3.8) is 0 Å². The predicted octanol–water partition coefficient (Wildman–Crippen LogP) is 1.64. The van der Waals surface area contributed by atoms with Crippen molar-refractivity contribution in [2.24, 2.45) is 0 Å². The fourth-order valence-electron chi connectivity index (χ4n) is 3.78. The van der Waals surface area contributed by atoms with Crippen LogP contribution in [0.1, 0.15) is 37.8 Å². The van der Waals surface area contributed by atoms with Crippen LogP contribution in [0.25, 0.3) is 0 Å². The topological polar surface area (TPSA) is 58.6 Å². The van der Waals surface area contributed by atoms with Crippen LogP contribution < -0.4 is 5.32 Å². The van der Waals surface area contributed by atoms with Gasteiger partial charge in [0.1, 0.15) is 5.54 Å². The van der Waals surface area contributed by atoms with Crippen LogP contribution in [0.5, 0.6) is 0 Å². The molecule has 0 spiro atoms. The van der Waals surface area contributed by atoms with Crippen molar-refractivity contribution < 1.29 is 14.3 Å². The molecule has 2 heterocycles. The Hall–Kier alpha value is -1.88. The molecule has 2 aliphatic rings. The molecule has 2 aliphatic heterocycles. The van der Waals surface area contributed by atoms with Gasteiger partial charge in [-0.1, -0.05) is 30.3 Å². The molecule has 22 heavy (non-hydrogen) atoms. The number of nitrogens with one attached hydrogen (secondary N) is 1. The molecule has 1 N–H and O–H groups in total. The molecule has 118 valence electrons. The van der Waals surface area contributed by atoms with E-state index < -0.39 is 5.54 Å². The van der Waals surface area contributed by atoms with Crippen molar-refractivity contribution in [3.05, 3.63) is 35.9 Å². The number of fused-ring (bicyclic) bond motifs is 1. The average molecular weight is 302 g/mol. The lowest BCUT2D eigenvalue weighted by molar-refractivity contribution is -0.155. The summed E-state index contributed by atoms with van der Waals surface area (Å²) in [5.41, 5.74) is 0.384. The second-order valence-electron chi connectivity index (χ2n) is 6.17. The SMILES string of the molecule is COC(=O)[C@]12CCCN1C(=O)[C@H](N[C@H](C)c1ccccc1)C2. The maximum atomic E-state index is 12.6. The summed E-state index contributed by atoms with van der Waals surface area (Å²) in [6.07, 6.45) is 2.06. The van der Waals surface area contributed by atoms with Gasteiger partial charge >= 0.3 is 5.97 Å². The minimum Gasteiger partial charge on any atom is -0.467 e. The summed E-state index contributed by atoms with van der Waals surface area (Å²) >= 11 is 0. The number of rotatable bonds is 4. The van der Waals surface area contributed by atoms with Crippen LogP contribution in [-0.4, -0.2) is 42.0 Å². The van der Waals surface area contributed by atoms with Gasteiger partial charge in [0.25, 0.3) is 0 Å². The summed E-state index contributed by atoms with van der Waals surface area (Å²) in [4.78, 5) is 26.6. The molecular weight excluding hydrogens is 280 g/mol. The molecule has 3 atom stereocenters. The third kappa shape index (κ3) is 2.29. The number of carbonyl (C=O) groups excluding carboxylic acids is 2. The minimum atomic E-state index is -0.750. The van der Waals surface area contributed by atoms with E-state index in [1.165, 1.54) is 7.11 Å². The van der Waals surface area contributed by atoms with Crippen molar-refractivity contribution in [3.8, 4) is 0 Å². The van der Waals surface area contributed by atoms with Crippen LogP contribution >= 0.6 is 0 Å². The molecule has 0 radical (unpaired) electrons. The molecule has 2 fully saturated rings. The lowest BCUT2D eigenvalue weighted by atomic mass is 9.92. The first kappa shape index (κ1) is 15.0. The molecular formula is C17H22N2O3. The first-order valence-electron chi connectivity index (χ1n) is 7.79. The van der Waals surface area contributed by atoms with Crippen LogP contribution in [0.15, 0.2) is 30.3 Å². The number of carbonyl (C=O) groups is 2. The Labute approximate surface area is 130 Å². The number of methoxy groups -OCH3 is 1. The standard InChI is InChI=1S/C17H22N2O3/c1-12(13-7-4-3-5-8-13)18-14-11-17(16(21)22-2)9-6-10-19(17)15(14)20/h3-5,7-8,12,14,18H,6,9-11H2,1-2H3/t12-,14-,17-/m1/s1. The van der Waals surface area contributed by atoms with Gasteiger partial charge in [-0.15, -0.1) is 0 Å². The van der Waals surface area contributed by atoms with Gasteiger partial charge in [-0.2, -0.15) is 0 Å². The Morgan fingerprint density at radius 3 is 2.82 bits per heavy atom. The zero-order valence-corrected chi connectivity index (χ0v) is 13.0. The maximum Gasteiger partial charge on any atom is 0.331 e. The molecule has 0 bridgehead atoms. The van der Waals surface area contributed by atoms with Crippen LogP contribution in [0.3, 0.4) is 0 Å². The third-order valence-electron chi connectivity index (χ3n) is 4.91. The fourth-order valence-corrected chi connectivity index (χ4v) is 3.78. The summed E-state index contributed by atoms with van der Waals surface area (Å²) in [5, 5.41) is 3.38. The van der Waals surface area contributed by atoms with Gasteiger partial charge in [-0.05, 0) is 25.3 Å². The molecule has 0 unspecified atom stereocenters. The molecule has 0 aliphatic carbocycles. The Morgan fingerprint density at radius 2 is 2.14 bits per heavy atom. The van der Waals surface area contributed by atoms with Gasteiger partial charge in [0.15, 0.2) is 0 Å². The number of nitrogens with zero attached hydrogens (tertiary/aromatic N) is 1. The first-order chi connectivity index (χ1) is 10.6. The van der Waals surface area contributed by atoms with Crippen LogP contribution in [0.2, 0.25) is 0 Å². The van der Waals surface area contributed by atoms with E-state index in [1.54, 1.807) is 4.90 Å². The van der Waals surface area contributed by atoms with Gasteiger partial charge in [0.05, 0.1) is 13.2 Å². The molecule has 5 nitrogen and oxygen atoms in total. The van der Waals surface area contributed by atoms with Crippen molar-refractivity contribution in [1.29, 1.82) is 0 Å². The van der Waals surface area contributed by atoms with E-state index in [9.17, 15) is 9.59 Å². The second-order valence-corrected chi connectivity index (χ2v) is 6.17. The normalized spacial score (nSPS) is 28.5. The van der Waals surface area contributed by atoms with E-state index in [2.05, 4.69) is 5.32 Å². The molecule has 1 aromatic rings. The van der Waals surface area contributed by atoms with E-state index >= 15 is 0 Å². The zero-order chi connectivity index (χ0) is 15.7. The number of benzene rings is 1. The van der Waals surface area contributed by atoms with Gasteiger partial charge < -0.3 is 9.64 Å². The van der Waals surface area contributed by atoms with Gasteiger partial charge in [0.2, 0.25) is 5.91 Å². The van der Waals surface area contributed by atoms with E-state index in [-0.39, 0.29) is 24.0 Å². The second kappa shape index (κ2) is 5.72. The molecule has 1 aromatic carbocycles. The van der Waals surface area contributed by atoms with Crippen molar-refractivity contribution in [2.75, 3.05) is 13.7 Å². The average Bonchev–Trinajstić information content (AvgIpc) is 3.08. The molecule has 0 saturated carbocycles. The summed E-state index contributed by atoms with van der Waals surface area (Å²) in [5.74, 6) is -0.263. The third-order valence-corrected chi connectivity index (χ3v) is 4.91. The van der Waals surface area contributed by atoms with E-state index in [0.29, 0.717) is 19.4 Å². The Morgan fingerprint density at radius 1 is 1.41 bits per heavy atom. The molecule has 5 heteroatoms. The number of ether oxygens (including phenoxy) is 1. The van der Waals surface area contributed by atoms with Crippen molar-refractivity contribution in [2.45, 2.75) is 43.8 Å². The van der Waals surface area contributed by atoms with E-state index in [0.717, 1.165) is 12.0 Å². The predicted molar refractivity (Wildman–Crippen MR) is 82.1 cm³/mol. The Kier molecular flexibility index (Phi) is 3.91. The lowest BCUT2D eigenvalue weighted by Gasteiger charge is -2.28. The fraction of sp³-hybridized carbons (Fsp3) is 0.529. The molecule has 1 amide bonds. The highest BCUT2D eigenvalue weighted by atomic mass is 16.5. The largest absolute Gasteiger partial charge is 0.467 e. The first-order valence-corrected chi connectivity index (χ1v) is 7.79. The Balaban J connectivity index is 1.77. The van der Waals surface area contributed by atoms with Crippen molar-refractivity contribution in [1.82, 2.24) is 10.2 Å². The quantitative estimate of drug-likeness (QED) is 0.859. The highest BCUT2D eigenvalue weighted by Crippen LogP contribution is 2.41.